The highest BCUT2D eigenvalue weighted by Gasteiger charge is 2.30. The fourth-order valence-corrected chi connectivity index (χ4v) is 4.44. The Morgan fingerprint density at radius 2 is 1.53 bits per heavy atom. The molecule has 0 fully saturated rings. The summed E-state index contributed by atoms with van der Waals surface area (Å²) in [5, 5.41) is 12.6. The van der Waals surface area contributed by atoms with Gasteiger partial charge in [0.05, 0.1) is 17.0 Å². The molecule has 0 saturated heterocycles. The standard InChI is InChI=1S/C23H20ClF3N2O4S/c24-12-1-13-34(32,33)29-20-14-19(10-11-21(20)30)28-22(31)17-4-2-15(3-5-17)16-6-8-18(9-7-16)23(25,26)27/h2-11,14,29-30H,1,12-13H2,(H,28,31). The number of aromatic hydroxyl groups is 1. The van der Waals surface area contributed by atoms with Crippen LogP contribution in [0.5, 0.6) is 5.75 Å². The number of carbonyl (C=O) groups is 1. The lowest BCUT2D eigenvalue weighted by atomic mass is 10.0. The molecule has 0 aliphatic heterocycles. The molecule has 6 nitrogen and oxygen atoms in total. The van der Waals surface area contributed by atoms with Crippen LogP contribution in [-0.2, 0) is 16.2 Å². The van der Waals surface area contributed by atoms with E-state index in [1.54, 1.807) is 12.1 Å². The van der Waals surface area contributed by atoms with Crippen LogP contribution in [0.25, 0.3) is 11.1 Å². The summed E-state index contributed by atoms with van der Waals surface area (Å²) in [5.74, 6) is -0.868. The van der Waals surface area contributed by atoms with Crippen LogP contribution >= 0.6 is 11.6 Å². The number of sulfonamides is 1. The lowest BCUT2D eigenvalue weighted by Gasteiger charge is -2.12. The number of hydrogen-bond acceptors (Lipinski definition) is 4. The molecule has 0 spiro atoms. The molecule has 0 radical (unpaired) electrons. The first kappa shape index (κ1) is 25.4. The molecule has 3 rings (SSSR count). The van der Waals surface area contributed by atoms with E-state index in [0.29, 0.717) is 11.1 Å². The molecule has 0 aliphatic rings. The first-order chi connectivity index (χ1) is 16.0. The molecule has 0 unspecified atom stereocenters. The van der Waals surface area contributed by atoms with Gasteiger partial charge in [-0.1, -0.05) is 24.3 Å². The Morgan fingerprint density at radius 1 is 0.941 bits per heavy atom. The second-order valence-electron chi connectivity index (χ2n) is 7.30. The van der Waals surface area contributed by atoms with Gasteiger partial charge >= 0.3 is 6.18 Å². The number of alkyl halides is 4. The van der Waals surface area contributed by atoms with Gasteiger partial charge in [-0.25, -0.2) is 8.42 Å². The molecule has 0 bridgehead atoms. The summed E-state index contributed by atoms with van der Waals surface area (Å²) in [7, 11) is -3.73. The maximum Gasteiger partial charge on any atom is 0.416 e. The minimum atomic E-state index is -4.42. The zero-order valence-electron chi connectivity index (χ0n) is 17.6. The van der Waals surface area contributed by atoms with Crippen molar-refractivity contribution in [2.45, 2.75) is 12.6 Å². The maximum atomic E-state index is 12.7. The van der Waals surface area contributed by atoms with E-state index in [4.69, 9.17) is 11.6 Å². The molecule has 3 aromatic rings. The van der Waals surface area contributed by atoms with E-state index in [1.807, 2.05) is 0 Å². The Hall–Kier alpha value is -3.24. The summed E-state index contributed by atoms with van der Waals surface area (Å²) >= 11 is 5.52. The first-order valence-electron chi connectivity index (χ1n) is 9.97. The second kappa shape index (κ2) is 10.4. The highest BCUT2D eigenvalue weighted by molar-refractivity contribution is 7.92. The highest BCUT2D eigenvalue weighted by atomic mass is 35.5. The molecule has 0 aromatic heterocycles. The largest absolute Gasteiger partial charge is 0.506 e. The normalized spacial score (nSPS) is 11.8. The van der Waals surface area contributed by atoms with Crippen molar-refractivity contribution in [1.82, 2.24) is 0 Å². The molecule has 3 aromatic carbocycles. The number of amides is 1. The minimum absolute atomic E-state index is 0.0926. The summed E-state index contributed by atoms with van der Waals surface area (Å²) in [6, 6.07) is 14.8. The van der Waals surface area contributed by atoms with Crippen LogP contribution in [0, 0.1) is 0 Å². The van der Waals surface area contributed by atoms with Crippen LogP contribution in [0.15, 0.2) is 66.7 Å². The molecular formula is C23H20ClF3N2O4S. The fourth-order valence-electron chi connectivity index (χ4n) is 3.03. The van der Waals surface area contributed by atoms with Gasteiger partial charge in [0.1, 0.15) is 5.75 Å². The number of carbonyl (C=O) groups excluding carboxylic acids is 1. The SMILES string of the molecule is O=C(Nc1ccc(O)c(NS(=O)(=O)CCCCl)c1)c1ccc(-c2ccc(C(F)(F)F)cc2)cc1. The number of phenolic OH excluding ortho intramolecular Hbond substituents is 1. The van der Waals surface area contributed by atoms with Gasteiger partial charge in [0.2, 0.25) is 10.0 Å². The van der Waals surface area contributed by atoms with E-state index in [-0.39, 0.29) is 40.7 Å². The van der Waals surface area contributed by atoms with Gasteiger partial charge in [-0.05, 0) is 60.0 Å². The topological polar surface area (TPSA) is 95.5 Å². The van der Waals surface area contributed by atoms with E-state index in [2.05, 4.69) is 10.0 Å². The van der Waals surface area contributed by atoms with E-state index >= 15 is 0 Å². The third kappa shape index (κ3) is 6.64. The van der Waals surface area contributed by atoms with Gasteiger partial charge in [-0.3, -0.25) is 9.52 Å². The van der Waals surface area contributed by atoms with Crippen molar-refractivity contribution in [3.63, 3.8) is 0 Å². The second-order valence-corrected chi connectivity index (χ2v) is 9.52. The van der Waals surface area contributed by atoms with Crippen molar-refractivity contribution in [3.05, 3.63) is 77.9 Å². The maximum absolute atomic E-state index is 12.7. The fraction of sp³-hybridized carbons (Fsp3) is 0.174. The van der Waals surface area contributed by atoms with E-state index in [1.165, 1.54) is 42.5 Å². The number of benzene rings is 3. The van der Waals surface area contributed by atoms with Gasteiger partial charge in [-0.2, -0.15) is 13.2 Å². The molecule has 0 saturated carbocycles. The van der Waals surface area contributed by atoms with Crippen molar-refractivity contribution in [2.75, 3.05) is 21.7 Å². The minimum Gasteiger partial charge on any atom is -0.506 e. The summed E-state index contributed by atoms with van der Waals surface area (Å²) in [4.78, 5) is 12.6. The molecule has 34 heavy (non-hydrogen) atoms. The number of phenols is 1. The van der Waals surface area contributed by atoms with E-state index in [9.17, 15) is 31.5 Å². The Morgan fingerprint density at radius 3 is 2.09 bits per heavy atom. The predicted octanol–water partition coefficient (Wildman–Crippen LogP) is 5.70. The highest BCUT2D eigenvalue weighted by Crippen LogP contribution is 2.31. The molecule has 0 atom stereocenters. The predicted molar refractivity (Wildman–Crippen MR) is 126 cm³/mol. The monoisotopic (exact) mass is 512 g/mol. The zero-order valence-corrected chi connectivity index (χ0v) is 19.1. The lowest BCUT2D eigenvalue weighted by Crippen LogP contribution is -2.17. The molecule has 3 N–H and O–H groups in total. The lowest BCUT2D eigenvalue weighted by molar-refractivity contribution is -0.137. The van der Waals surface area contributed by atoms with Crippen LogP contribution in [0.2, 0.25) is 0 Å². The molecule has 180 valence electrons. The summed E-state index contributed by atoms with van der Waals surface area (Å²) in [6.45, 7) is 0. The average Bonchev–Trinajstić information content (AvgIpc) is 2.79. The quantitative estimate of drug-likeness (QED) is 0.205. The molecule has 1 amide bonds. The van der Waals surface area contributed by atoms with Crippen molar-refractivity contribution < 1.29 is 31.5 Å². The van der Waals surface area contributed by atoms with Crippen LogP contribution < -0.4 is 10.0 Å². The number of rotatable bonds is 8. The molecule has 11 heteroatoms. The average molecular weight is 513 g/mol. The van der Waals surface area contributed by atoms with Gasteiger partial charge in [0.25, 0.3) is 5.91 Å². The van der Waals surface area contributed by atoms with Crippen molar-refractivity contribution >= 4 is 38.9 Å². The van der Waals surface area contributed by atoms with Crippen LogP contribution in [0.4, 0.5) is 24.5 Å². The Kier molecular flexibility index (Phi) is 7.73. The van der Waals surface area contributed by atoms with Gasteiger partial charge in [0, 0.05) is 17.1 Å². The van der Waals surface area contributed by atoms with Crippen LogP contribution in [0.3, 0.4) is 0 Å². The Bertz CT molecular complexity index is 1260. The van der Waals surface area contributed by atoms with Crippen molar-refractivity contribution in [2.24, 2.45) is 0 Å². The first-order valence-corrected chi connectivity index (χ1v) is 12.2. The third-order valence-electron chi connectivity index (χ3n) is 4.76. The Balaban J connectivity index is 1.71. The zero-order chi connectivity index (χ0) is 24.9. The van der Waals surface area contributed by atoms with Gasteiger partial charge < -0.3 is 10.4 Å². The van der Waals surface area contributed by atoms with E-state index < -0.39 is 27.7 Å². The summed E-state index contributed by atoms with van der Waals surface area (Å²) in [6.07, 6.45) is -4.19. The number of halogens is 4. The van der Waals surface area contributed by atoms with Crippen molar-refractivity contribution in [1.29, 1.82) is 0 Å². The van der Waals surface area contributed by atoms with Crippen LogP contribution in [0.1, 0.15) is 22.3 Å². The van der Waals surface area contributed by atoms with E-state index in [0.717, 1.165) is 12.1 Å². The molecule has 0 aliphatic carbocycles. The van der Waals surface area contributed by atoms with Gasteiger partial charge in [-0.15, -0.1) is 11.6 Å². The third-order valence-corrected chi connectivity index (χ3v) is 6.38. The smallest absolute Gasteiger partial charge is 0.416 e. The Labute approximate surface area is 199 Å². The number of anilines is 2. The van der Waals surface area contributed by atoms with Gasteiger partial charge in [0.15, 0.2) is 0 Å². The summed E-state index contributed by atoms with van der Waals surface area (Å²) < 4.78 is 64.5. The van der Waals surface area contributed by atoms with Crippen molar-refractivity contribution in [3.8, 4) is 16.9 Å². The number of hydrogen-bond donors (Lipinski definition) is 3. The summed E-state index contributed by atoms with van der Waals surface area (Å²) in [5.41, 5.74) is 0.859. The molecule has 0 heterocycles. The number of nitrogens with one attached hydrogen (secondary N) is 2. The molecular weight excluding hydrogens is 493 g/mol. The van der Waals surface area contributed by atoms with Crippen LogP contribution in [-0.4, -0.2) is 31.1 Å².